The molecule has 2 aliphatic rings. The fourth-order valence-electron chi connectivity index (χ4n) is 3.09. The lowest BCUT2D eigenvalue weighted by Crippen LogP contribution is -2.26. The normalized spacial score (nSPS) is 16.9. The topological polar surface area (TPSA) is 38.3 Å². The molecule has 112 valence electrons. The van der Waals surface area contributed by atoms with Crippen molar-refractivity contribution in [3.05, 3.63) is 41.0 Å². The zero-order valence-corrected chi connectivity index (χ0v) is 12.5. The third-order valence-corrected chi connectivity index (χ3v) is 4.27. The number of fused-ring (bicyclic) bond motifs is 1. The number of amides is 1. The predicted octanol–water partition coefficient (Wildman–Crippen LogP) is 3.17. The lowest BCUT2D eigenvalue weighted by atomic mass is 9.97. The molecule has 0 bridgehead atoms. The van der Waals surface area contributed by atoms with Gasteiger partial charge >= 0.3 is 0 Å². The Hall–Kier alpha value is -1.77. The fraction of sp³-hybridized carbons (Fsp3) is 0.500. The van der Waals surface area contributed by atoms with Gasteiger partial charge in [0, 0.05) is 13.0 Å². The van der Waals surface area contributed by atoms with Crippen LogP contribution in [0.2, 0.25) is 0 Å². The first-order valence-corrected chi connectivity index (χ1v) is 8.00. The van der Waals surface area contributed by atoms with Gasteiger partial charge in [-0.05, 0) is 49.3 Å². The van der Waals surface area contributed by atoms with Crippen molar-refractivity contribution in [1.29, 1.82) is 0 Å². The number of benzene rings is 1. The molecule has 1 aliphatic carbocycles. The highest BCUT2D eigenvalue weighted by Crippen LogP contribution is 2.26. The Bertz CT molecular complexity index is 548. The maximum atomic E-state index is 12.0. The molecule has 21 heavy (non-hydrogen) atoms. The Morgan fingerprint density at radius 2 is 2.19 bits per heavy atom. The summed E-state index contributed by atoms with van der Waals surface area (Å²) in [6, 6.07) is 6.08. The van der Waals surface area contributed by atoms with E-state index in [9.17, 15) is 4.79 Å². The van der Waals surface area contributed by atoms with Crippen LogP contribution in [0.5, 0.6) is 5.75 Å². The van der Waals surface area contributed by atoms with Gasteiger partial charge in [-0.3, -0.25) is 4.79 Å². The molecule has 0 aromatic heterocycles. The number of hydrogen-bond acceptors (Lipinski definition) is 2. The molecule has 1 aromatic carbocycles. The summed E-state index contributed by atoms with van der Waals surface area (Å²) in [6.45, 7) is 1.53. The molecule has 0 atom stereocenters. The van der Waals surface area contributed by atoms with Crippen LogP contribution in [0.15, 0.2) is 29.8 Å². The van der Waals surface area contributed by atoms with Crippen molar-refractivity contribution in [3.63, 3.8) is 0 Å². The van der Waals surface area contributed by atoms with Crippen LogP contribution in [-0.2, 0) is 17.6 Å². The molecule has 0 fully saturated rings. The van der Waals surface area contributed by atoms with Crippen molar-refractivity contribution in [1.82, 2.24) is 5.32 Å². The Labute approximate surface area is 126 Å². The summed E-state index contributed by atoms with van der Waals surface area (Å²) in [5.74, 6) is 1.09. The predicted molar refractivity (Wildman–Crippen MR) is 83.5 cm³/mol. The molecule has 1 aliphatic heterocycles. The van der Waals surface area contributed by atoms with Crippen molar-refractivity contribution in [3.8, 4) is 5.75 Å². The van der Waals surface area contributed by atoms with Gasteiger partial charge in [-0.2, -0.15) is 0 Å². The second kappa shape index (κ2) is 6.79. The van der Waals surface area contributed by atoms with Gasteiger partial charge in [0.1, 0.15) is 5.75 Å². The van der Waals surface area contributed by atoms with Crippen LogP contribution in [0.25, 0.3) is 0 Å². The molecule has 3 heteroatoms. The van der Waals surface area contributed by atoms with Gasteiger partial charge in [0.25, 0.3) is 0 Å². The minimum atomic E-state index is 0.116. The van der Waals surface area contributed by atoms with Gasteiger partial charge in [-0.15, -0.1) is 0 Å². The van der Waals surface area contributed by atoms with E-state index in [0.29, 0.717) is 6.42 Å². The molecule has 1 N–H and O–H groups in total. The van der Waals surface area contributed by atoms with Gasteiger partial charge in [0.15, 0.2) is 0 Å². The molecular weight excluding hydrogens is 262 g/mol. The van der Waals surface area contributed by atoms with Crippen molar-refractivity contribution >= 4 is 5.91 Å². The molecular formula is C18H23NO2. The molecule has 1 aromatic rings. The zero-order chi connectivity index (χ0) is 14.5. The lowest BCUT2D eigenvalue weighted by molar-refractivity contribution is -0.120. The van der Waals surface area contributed by atoms with E-state index >= 15 is 0 Å². The van der Waals surface area contributed by atoms with Crippen molar-refractivity contribution in [2.75, 3.05) is 13.2 Å². The third-order valence-electron chi connectivity index (χ3n) is 4.27. The summed E-state index contributed by atoms with van der Waals surface area (Å²) in [6.07, 6.45) is 9.81. The number of carbonyl (C=O) groups is 1. The van der Waals surface area contributed by atoms with Crippen LogP contribution >= 0.6 is 0 Å². The second-order valence-corrected chi connectivity index (χ2v) is 5.93. The third kappa shape index (κ3) is 3.87. The largest absolute Gasteiger partial charge is 0.493 e. The quantitative estimate of drug-likeness (QED) is 0.844. The molecule has 3 nitrogen and oxygen atoms in total. The van der Waals surface area contributed by atoms with Gasteiger partial charge in [-0.1, -0.05) is 23.8 Å². The monoisotopic (exact) mass is 285 g/mol. The molecule has 0 unspecified atom stereocenters. The SMILES string of the molecule is O=C(Cc1ccc2c(c1)CCO2)NCCC1=CCCCC1. The number of ether oxygens (including phenoxy) is 1. The molecule has 0 spiro atoms. The highest BCUT2D eigenvalue weighted by Gasteiger charge is 2.13. The van der Waals surface area contributed by atoms with Crippen molar-refractivity contribution in [2.45, 2.75) is 44.9 Å². The van der Waals surface area contributed by atoms with Crippen LogP contribution in [0, 0.1) is 0 Å². The minimum Gasteiger partial charge on any atom is -0.493 e. The summed E-state index contributed by atoms with van der Waals surface area (Å²) in [4.78, 5) is 12.0. The van der Waals surface area contributed by atoms with Crippen LogP contribution in [0.3, 0.4) is 0 Å². The van der Waals surface area contributed by atoms with Crippen LogP contribution in [0.1, 0.15) is 43.2 Å². The van der Waals surface area contributed by atoms with E-state index in [0.717, 1.165) is 37.3 Å². The number of hydrogen-bond donors (Lipinski definition) is 1. The number of rotatable bonds is 5. The average Bonchev–Trinajstić information content (AvgIpc) is 2.96. The first kappa shape index (κ1) is 14.2. The fourth-order valence-corrected chi connectivity index (χ4v) is 3.09. The summed E-state index contributed by atoms with van der Waals surface area (Å²) >= 11 is 0. The van der Waals surface area contributed by atoms with Crippen molar-refractivity contribution in [2.24, 2.45) is 0 Å². The zero-order valence-electron chi connectivity index (χ0n) is 12.5. The molecule has 0 saturated carbocycles. The summed E-state index contributed by atoms with van der Waals surface area (Å²) in [5, 5.41) is 3.04. The van der Waals surface area contributed by atoms with Crippen LogP contribution in [-0.4, -0.2) is 19.1 Å². The standard InChI is InChI=1S/C18H23NO2/c20-18(19-10-8-14-4-2-1-3-5-14)13-15-6-7-17-16(12-15)9-11-21-17/h4,6-7,12H,1-3,5,8-11,13H2,(H,19,20). The van der Waals surface area contributed by atoms with E-state index in [1.807, 2.05) is 12.1 Å². The van der Waals surface area contributed by atoms with E-state index in [1.165, 1.54) is 36.8 Å². The van der Waals surface area contributed by atoms with E-state index in [4.69, 9.17) is 4.74 Å². The van der Waals surface area contributed by atoms with E-state index in [1.54, 1.807) is 0 Å². The van der Waals surface area contributed by atoms with E-state index in [2.05, 4.69) is 17.5 Å². The van der Waals surface area contributed by atoms with Crippen molar-refractivity contribution < 1.29 is 9.53 Å². The number of carbonyl (C=O) groups excluding carboxylic acids is 1. The number of nitrogens with one attached hydrogen (secondary N) is 1. The van der Waals surface area contributed by atoms with Gasteiger partial charge < -0.3 is 10.1 Å². The lowest BCUT2D eigenvalue weighted by Gasteiger charge is -2.13. The molecule has 0 saturated heterocycles. The Kier molecular flexibility index (Phi) is 4.59. The van der Waals surface area contributed by atoms with E-state index in [-0.39, 0.29) is 5.91 Å². The summed E-state index contributed by atoms with van der Waals surface area (Å²) < 4.78 is 5.48. The highest BCUT2D eigenvalue weighted by atomic mass is 16.5. The summed E-state index contributed by atoms with van der Waals surface area (Å²) in [7, 11) is 0. The Balaban J connectivity index is 1.44. The maximum Gasteiger partial charge on any atom is 0.224 e. The average molecular weight is 285 g/mol. The summed E-state index contributed by atoms with van der Waals surface area (Å²) in [5.41, 5.74) is 3.82. The second-order valence-electron chi connectivity index (χ2n) is 5.93. The maximum absolute atomic E-state index is 12.0. The molecule has 1 amide bonds. The van der Waals surface area contributed by atoms with Gasteiger partial charge in [0.2, 0.25) is 5.91 Å². The van der Waals surface area contributed by atoms with Gasteiger partial charge in [0.05, 0.1) is 13.0 Å². The Morgan fingerprint density at radius 3 is 3.05 bits per heavy atom. The Morgan fingerprint density at radius 1 is 1.24 bits per heavy atom. The smallest absolute Gasteiger partial charge is 0.224 e. The minimum absolute atomic E-state index is 0.116. The first-order valence-electron chi connectivity index (χ1n) is 8.00. The first-order chi connectivity index (χ1) is 10.3. The molecule has 3 rings (SSSR count). The van der Waals surface area contributed by atoms with Crippen LogP contribution < -0.4 is 10.1 Å². The number of allylic oxidation sites excluding steroid dienone is 1. The van der Waals surface area contributed by atoms with E-state index < -0.39 is 0 Å². The van der Waals surface area contributed by atoms with Crippen LogP contribution in [0.4, 0.5) is 0 Å². The molecule has 1 heterocycles. The molecule has 0 radical (unpaired) electrons. The highest BCUT2D eigenvalue weighted by molar-refractivity contribution is 5.78. The van der Waals surface area contributed by atoms with Gasteiger partial charge in [-0.25, -0.2) is 0 Å².